The largest absolute Gasteiger partial charge is 0.493 e. The van der Waals surface area contributed by atoms with E-state index in [2.05, 4.69) is 28.4 Å². The van der Waals surface area contributed by atoms with Gasteiger partial charge < -0.3 is 19.5 Å². The summed E-state index contributed by atoms with van der Waals surface area (Å²) in [6.45, 7) is 3.69. The Morgan fingerprint density at radius 2 is 1.57 bits per heavy atom. The van der Waals surface area contributed by atoms with Gasteiger partial charge in [0.25, 0.3) is 5.91 Å². The summed E-state index contributed by atoms with van der Waals surface area (Å²) in [7, 11) is 4.61. The van der Waals surface area contributed by atoms with Gasteiger partial charge in [-0.05, 0) is 49.2 Å². The molecule has 0 radical (unpaired) electrons. The Hall–Kier alpha value is -2.73. The molecule has 1 heterocycles. The van der Waals surface area contributed by atoms with Crippen LogP contribution < -0.4 is 19.5 Å². The van der Waals surface area contributed by atoms with E-state index in [0.29, 0.717) is 29.4 Å². The van der Waals surface area contributed by atoms with Gasteiger partial charge in [0.15, 0.2) is 11.5 Å². The Bertz CT molecular complexity index is 791. The van der Waals surface area contributed by atoms with Crippen LogP contribution in [0.4, 0.5) is 0 Å². The van der Waals surface area contributed by atoms with Crippen molar-refractivity contribution in [1.29, 1.82) is 0 Å². The highest BCUT2D eigenvalue weighted by Crippen LogP contribution is 2.38. The third kappa shape index (κ3) is 4.57. The van der Waals surface area contributed by atoms with E-state index in [0.717, 1.165) is 25.2 Å². The minimum Gasteiger partial charge on any atom is -0.493 e. The molecule has 1 saturated heterocycles. The minimum atomic E-state index is -0.185. The van der Waals surface area contributed by atoms with Crippen molar-refractivity contribution in [3.8, 4) is 17.2 Å². The van der Waals surface area contributed by atoms with Gasteiger partial charge in [-0.1, -0.05) is 24.3 Å². The highest BCUT2D eigenvalue weighted by Gasteiger charge is 2.18. The topological polar surface area (TPSA) is 60.0 Å². The van der Waals surface area contributed by atoms with Gasteiger partial charge in [0.05, 0.1) is 21.3 Å². The van der Waals surface area contributed by atoms with E-state index in [1.807, 2.05) is 6.07 Å². The van der Waals surface area contributed by atoms with E-state index in [9.17, 15) is 4.79 Å². The van der Waals surface area contributed by atoms with Gasteiger partial charge in [-0.2, -0.15) is 0 Å². The third-order valence-electron chi connectivity index (χ3n) is 5.08. The molecule has 1 aliphatic rings. The first-order valence-electron chi connectivity index (χ1n) is 9.53. The molecule has 28 heavy (non-hydrogen) atoms. The number of carbonyl (C=O) groups is 1. The number of hydrogen-bond acceptors (Lipinski definition) is 5. The minimum absolute atomic E-state index is 0.185. The average Bonchev–Trinajstić information content (AvgIpc) is 3.24. The number of methoxy groups -OCH3 is 3. The zero-order chi connectivity index (χ0) is 19.9. The SMILES string of the molecule is COc1cc(C(=O)NCc2ccccc2CN2CCCC2)cc(OC)c1OC. The number of likely N-dealkylation sites (tertiary alicyclic amines) is 1. The van der Waals surface area contributed by atoms with Crippen molar-refractivity contribution in [2.45, 2.75) is 25.9 Å². The van der Waals surface area contributed by atoms with E-state index in [-0.39, 0.29) is 5.91 Å². The van der Waals surface area contributed by atoms with Crippen LogP contribution in [-0.2, 0) is 13.1 Å². The van der Waals surface area contributed by atoms with E-state index in [1.165, 1.54) is 39.7 Å². The summed E-state index contributed by atoms with van der Waals surface area (Å²) in [5.74, 6) is 1.20. The number of carbonyl (C=O) groups excluding carboxylic acids is 1. The van der Waals surface area contributed by atoms with Gasteiger partial charge >= 0.3 is 0 Å². The van der Waals surface area contributed by atoms with Crippen LogP contribution >= 0.6 is 0 Å². The summed E-state index contributed by atoms with van der Waals surface area (Å²) in [6.07, 6.45) is 2.53. The van der Waals surface area contributed by atoms with Crippen LogP contribution in [0, 0.1) is 0 Å². The van der Waals surface area contributed by atoms with Gasteiger partial charge in [0.2, 0.25) is 5.75 Å². The molecule has 150 valence electrons. The van der Waals surface area contributed by atoms with Crippen LogP contribution in [0.2, 0.25) is 0 Å². The fraction of sp³-hybridized carbons (Fsp3) is 0.409. The van der Waals surface area contributed by atoms with Crippen LogP contribution in [0.1, 0.15) is 34.3 Å². The van der Waals surface area contributed by atoms with E-state index in [1.54, 1.807) is 12.1 Å². The number of hydrogen-bond donors (Lipinski definition) is 1. The summed E-state index contributed by atoms with van der Waals surface area (Å²) in [5.41, 5.74) is 2.86. The first kappa shape index (κ1) is 20.0. The quantitative estimate of drug-likeness (QED) is 0.757. The summed E-state index contributed by atoms with van der Waals surface area (Å²) < 4.78 is 16.0. The third-order valence-corrected chi connectivity index (χ3v) is 5.08. The lowest BCUT2D eigenvalue weighted by molar-refractivity contribution is 0.0950. The van der Waals surface area contributed by atoms with Crippen molar-refractivity contribution in [2.24, 2.45) is 0 Å². The average molecular weight is 384 g/mol. The molecule has 1 amide bonds. The smallest absolute Gasteiger partial charge is 0.251 e. The maximum absolute atomic E-state index is 12.7. The lowest BCUT2D eigenvalue weighted by Gasteiger charge is -2.18. The summed E-state index contributed by atoms with van der Waals surface area (Å²) in [4.78, 5) is 15.2. The van der Waals surface area contributed by atoms with Gasteiger partial charge in [-0.25, -0.2) is 0 Å². The molecule has 0 spiro atoms. The molecule has 0 bridgehead atoms. The normalized spacial score (nSPS) is 14.0. The van der Waals surface area contributed by atoms with Gasteiger partial charge in [-0.3, -0.25) is 9.69 Å². The second kappa shape index (κ2) is 9.46. The molecule has 6 heteroatoms. The zero-order valence-electron chi connectivity index (χ0n) is 16.8. The number of amides is 1. The maximum atomic E-state index is 12.7. The number of benzene rings is 2. The molecule has 6 nitrogen and oxygen atoms in total. The van der Waals surface area contributed by atoms with Crippen LogP contribution in [0.5, 0.6) is 17.2 Å². The van der Waals surface area contributed by atoms with Gasteiger partial charge in [-0.15, -0.1) is 0 Å². The Morgan fingerprint density at radius 1 is 0.964 bits per heavy atom. The Balaban J connectivity index is 1.72. The molecular formula is C22H28N2O4. The van der Waals surface area contributed by atoms with Gasteiger partial charge in [0.1, 0.15) is 0 Å². The summed E-state index contributed by atoms with van der Waals surface area (Å²) in [5, 5.41) is 3.01. The predicted octanol–water partition coefficient (Wildman–Crippen LogP) is 3.24. The molecule has 1 aliphatic heterocycles. The first-order chi connectivity index (χ1) is 13.7. The molecule has 0 unspecified atom stereocenters. The summed E-state index contributed by atoms with van der Waals surface area (Å²) in [6, 6.07) is 11.6. The Kier molecular flexibility index (Phi) is 6.76. The standard InChI is InChI=1S/C22H28N2O4/c1-26-19-12-18(13-20(27-2)21(19)28-3)22(25)23-14-16-8-4-5-9-17(16)15-24-10-6-7-11-24/h4-5,8-9,12-13H,6-7,10-11,14-15H2,1-3H3,(H,23,25). The number of nitrogens with zero attached hydrogens (tertiary/aromatic N) is 1. The monoisotopic (exact) mass is 384 g/mol. The molecule has 1 N–H and O–H groups in total. The molecule has 0 aromatic heterocycles. The Labute approximate surface area is 166 Å². The second-order valence-electron chi connectivity index (χ2n) is 6.85. The lowest BCUT2D eigenvalue weighted by atomic mass is 10.1. The van der Waals surface area contributed by atoms with Crippen molar-refractivity contribution < 1.29 is 19.0 Å². The first-order valence-corrected chi connectivity index (χ1v) is 9.53. The predicted molar refractivity (Wildman–Crippen MR) is 108 cm³/mol. The maximum Gasteiger partial charge on any atom is 0.251 e. The molecule has 0 aliphatic carbocycles. The van der Waals surface area contributed by atoms with Crippen molar-refractivity contribution in [1.82, 2.24) is 10.2 Å². The van der Waals surface area contributed by atoms with Crippen molar-refractivity contribution in [2.75, 3.05) is 34.4 Å². The Morgan fingerprint density at radius 3 is 2.14 bits per heavy atom. The van der Waals surface area contributed by atoms with E-state index < -0.39 is 0 Å². The molecule has 0 saturated carbocycles. The molecule has 2 aromatic carbocycles. The summed E-state index contributed by atoms with van der Waals surface area (Å²) >= 11 is 0. The number of rotatable bonds is 8. The highest BCUT2D eigenvalue weighted by atomic mass is 16.5. The van der Waals surface area contributed by atoms with Crippen LogP contribution in [-0.4, -0.2) is 45.2 Å². The van der Waals surface area contributed by atoms with Crippen LogP contribution in [0.15, 0.2) is 36.4 Å². The van der Waals surface area contributed by atoms with E-state index >= 15 is 0 Å². The zero-order valence-corrected chi connectivity index (χ0v) is 16.8. The molecule has 1 fully saturated rings. The molecule has 0 atom stereocenters. The molecule has 2 aromatic rings. The van der Waals surface area contributed by atoms with E-state index in [4.69, 9.17) is 14.2 Å². The van der Waals surface area contributed by atoms with Crippen LogP contribution in [0.3, 0.4) is 0 Å². The fourth-order valence-electron chi connectivity index (χ4n) is 3.56. The number of nitrogens with one attached hydrogen (secondary N) is 1. The van der Waals surface area contributed by atoms with Crippen molar-refractivity contribution >= 4 is 5.91 Å². The molecule has 3 rings (SSSR count). The fourth-order valence-corrected chi connectivity index (χ4v) is 3.56. The lowest BCUT2D eigenvalue weighted by Crippen LogP contribution is -2.25. The second-order valence-corrected chi connectivity index (χ2v) is 6.85. The number of ether oxygens (including phenoxy) is 3. The molecular weight excluding hydrogens is 356 g/mol. The highest BCUT2D eigenvalue weighted by molar-refractivity contribution is 5.95. The van der Waals surface area contributed by atoms with Gasteiger partial charge in [0, 0.05) is 18.7 Å². The van der Waals surface area contributed by atoms with Crippen LogP contribution in [0.25, 0.3) is 0 Å². The van der Waals surface area contributed by atoms with Crippen molar-refractivity contribution in [3.63, 3.8) is 0 Å². The van der Waals surface area contributed by atoms with Crippen molar-refractivity contribution in [3.05, 3.63) is 53.1 Å².